The van der Waals surface area contributed by atoms with Crippen molar-refractivity contribution in [1.29, 1.82) is 0 Å². The van der Waals surface area contributed by atoms with Crippen molar-refractivity contribution in [3.8, 4) is 0 Å². The van der Waals surface area contributed by atoms with Crippen LogP contribution in [0, 0.1) is 0 Å². The first-order chi connectivity index (χ1) is 6.82. The Morgan fingerprint density at radius 1 is 1.20 bits per heavy atom. The molecule has 0 unspecified atom stereocenters. The summed E-state index contributed by atoms with van der Waals surface area (Å²) in [6.07, 6.45) is 0. The molecule has 0 radical (unpaired) electrons. The largest absolute Gasteiger partial charge is 0.272 e. The number of hydrogen-bond donors (Lipinski definition) is 0. The summed E-state index contributed by atoms with van der Waals surface area (Å²) in [5.74, 6) is 0.550. The smallest absolute Gasteiger partial charge is 0.0680 e. The van der Waals surface area contributed by atoms with Crippen LogP contribution in [0.15, 0.2) is 6.07 Å². The molecule has 0 N–H and O–H groups in total. The third kappa shape index (κ3) is 3.69. The molecule has 0 saturated heterocycles. The van der Waals surface area contributed by atoms with Crippen LogP contribution in [0.25, 0.3) is 0 Å². The Balaban J connectivity index is 0.000000921. The number of hydrogen-bond acceptors (Lipinski definition) is 1. The lowest BCUT2D eigenvalue weighted by Crippen LogP contribution is -2.12. The Morgan fingerprint density at radius 3 is 1.87 bits per heavy atom. The Bertz CT molecular complexity index is 290. The Labute approximate surface area is 94.7 Å². The monoisotopic (exact) mass is 210 g/mol. The van der Waals surface area contributed by atoms with Gasteiger partial charge in [-0.2, -0.15) is 5.10 Å². The van der Waals surface area contributed by atoms with Crippen molar-refractivity contribution in [2.75, 3.05) is 0 Å². The Morgan fingerprint density at radius 2 is 1.67 bits per heavy atom. The summed E-state index contributed by atoms with van der Waals surface area (Å²) in [7, 11) is 2.02. The fourth-order valence-corrected chi connectivity index (χ4v) is 1.39. The van der Waals surface area contributed by atoms with Gasteiger partial charge in [-0.05, 0) is 12.0 Å². The summed E-state index contributed by atoms with van der Waals surface area (Å²) < 4.78 is 1.99. The van der Waals surface area contributed by atoms with Crippen LogP contribution in [0.3, 0.4) is 0 Å². The van der Waals surface area contributed by atoms with Crippen molar-refractivity contribution >= 4 is 0 Å². The third-order valence-electron chi connectivity index (χ3n) is 2.28. The summed E-state index contributed by atoms with van der Waals surface area (Å²) in [6, 6.07) is 2.21. The van der Waals surface area contributed by atoms with E-state index >= 15 is 0 Å². The van der Waals surface area contributed by atoms with Crippen LogP contribution in [0.4, 0.5) is 0 Å². The minimum absolute atomic E-state index is 0.158. The van der Waals surface area contributed by atoms with Crippen molar-refractivity contribution in [1.82, 2.24) is 9.78 Å². The first-order valence-electron chi connectivity index (χ1n) is 5.87. The molecule has 0 spiro atoms. The molecule has 1 rings (SSSR count). The highest BCUT2D eigenvalue weighted by atomic mass is 15.3. The zero-order valence-electron chi connectivity index (χ0n) is 11.5. The van der Waals surface area contributed by atoms with E-state index in [1.54, 1.807) is 0 Å². The van der Waals surface area contributed by atoms with E-state index in [-0.39, 0.29) is 5.41 Å². The number of rotatable bonds is 1. The fourth-order valence-electron chi connectivity index (χ4n) is 1.39. The quantitative estimate of drug-likeness (QED) is 0.688. The highest BCUT2D eigenvalue weighted by Crippen LogP contribution is 2.24. The molecule has 0 amide bonds. The van der Waals surface area contributed by atoms with E-state index in [0.717, 1.165) is 0 Å². The lowest BCUT2D eigenvalue weighted by Gasteiger charge is -2.13. The second kappa shape index (κ2) is 5.34. The average molecular weight is 210 g/mol. The molecule has 2 nitrogen and oxygen atoms in total. The first-order valence-corrected chi connectivity index (χ1v) is 5.87. The van der Waals surface area contributed by atoms with Gasteiger partial charge in [0.25, 0.3) is 0 Å². The molecule has 1 aromatic heterocycles. The highest BCUT2D eigenvalue weighted by molar-refractivity contribution is 5.19. The first kappa shape index (κ1) is 14.2. The van der Waals surface area contributed by atoms with Crippen LogP contribution in [-0.2, 0) is 12.5 Å². The second-order valence-corrected chi connectivity index (χ2v) is 4.98. The third-order valence-corrected chi connectivity index (χ3v) is 2.28. The van der Waals surface area contributed by atoms with E-state index in [2.05, 4.69) is 45.8 Å². The van der Waals surface area contributed by atoms with E-state index in [1.165, 1.54) is 11.4 Å². The van der Waals surface area contributed by atoms with Crippen molar-refractivity contribution in [3.63, 3.8) is 0 Å². The lowest BCUT2D eigenvalue weighted by atomic mass is 9.92. The molecule has 2 heteroatoms. The van der Waals surface area contributed by atoms with Crippen LogP contribution in [0.2, 0.25) is 0 Å². The van der Waals surface area contributed by atoms with E-state index < -0.39 is 0 Å². The zero-order valence-corrected chi connectivity index (χ0v) is 11.5. The number of aryl methyl sites for hydroxylation is 1. The molecule has 1 aromatic rings. The van der Waals surface area contributed by atoms with Crippen LogP contribution in [-0.4, -0.2) is 9.78 Å². The fraction of sp³-hybridized carbons (Fsp3) is 0.769. The van der Waals surface area contributed by atoms with Gasteiger partial charge in [0.15, 0.2) is 0 Å². The Kier molecular flexibility index (Phi) is 5.06. The molecule has 15 heavy (non-hydrogen) atoms. The molecule has 0 atom stereocenters. The van der Waals surface area contributed by atoms with Crippen molar-refractivity contribution in [2.45, 2.75) is 59.8 Å². The van der Waals surface area contributed by atoms with Crippen molar-refractivity contribution < 1.29 is 0 Å². The van der Waals surface area contributed by atoms with Gasteiger partial charge in [-0.15, -0.1) is 0 Å². The highest BCUT2D eigenvalue weighted by Gasteiger charge is 2.19. The summed E-state index contributed by atoms with van der Waals surface area (Å²) in [4.78, 5) is 0. The summed E-state index contributed by atoms with van der Waals surface area (Å²) >= 11 is 0. The molecule has 0 aromatic carbocycles. The minimum atomic E-state index is 0.158. The van der Waals surface area contributed by atoms with Gasteiger partial charge in [0.2, 0.25) is 0 Å². The van der Waals surface area contributed by atoms with Crippen LogP contribution in [0.1, 0.15) is 65.8 Å². The SMILES string of the molecule is CC.CC(C)c1cc(C(C)(C)C)nn1C. The van der Waals surface area contributed by atoms with E-state index in [9.17, 15) is 0 Å². The van der Waals surface area contributed by atoms with Crippen molar-refractivity contribution in [3.05, 3.63) is 17.5 Å². The maximum atomic E-state index is 4.52. The van der Waals surface area contributed by atoms with Crippen LogP contribution >= 0.6 is 0 Å². The molecular weight excluding hydrogens is 184 g/mol. The molecule has 1 heterocycles. The maximum absolute atomic E-state index is 4.52. The van der Waals surface area contributed by atoms with Gasteiger partial charge >= 0.3 is 0 Å². The summed E-state index contributed by atoms with van der Waals surface area (Å²) in [5, 5.41) is 4.52. The molecule has 0 aliphatic carbocycles. The van der Waals surface area contributed by atoms with Gasteiger partial charge in [0, 0.05) is 18.2 Å². The standard InChI is InChI=1S/C11H20N2.C2H6/c1-8(2)9-7-10(11(3,4)5)12-13(9)6;1-2/h7-8H,1-6H3;1-2H3. The van der Waals surface area contributed by atoms with E-state index in [4.69, 9.17) is 0 Å². The maximum Gasteiger partial charge on any atom is 0.0680 e. The molecule has 0 aliphatic rings. The van der Waals surface area contributed by atoms with Crippen LogP contribution in [0.5, 0.6) is 0 Å². The molecule has 0 saturated carbocycles. The predicted octanol–water partition coefficient (Wildman–Crippen LogP) is 3.87. The summed E-state index contributed by atoms with van der Waals surface area (Å²) in [6.45, 7) is 15.0. The normalized spacial score (nSPS) is 11.3. The molecular formula is C13H26N2. The van der Waals surface area contributed by atoms with Gasteiger partial charge in [0.05, 0.1) is 5.69 Å². The molecule has 0 aliphatic heterocycles. The minimum Gasteiger partial charge on any atom is -0.272 e. The zero-order chi connectivity index (χ0) is 12.2. The summed E-state index contributed by atoms with van der Waals surface area (Å²) in [5.41, 5.74) is 2.65. The van der Waals surface area contributed by atoms with E-state index in [0.29, 0.717) is 5.92 Å². The van der Waals surface area contributed by atoms with Gasteiger partial charge in [0.1, 0.15) is 0 Å². The van der Waals surface area contributed by atoms with Gasteiger partial charge in [-0.3, -0.25) is 4.68 Å². The van der Waals surface area contributed by atoms with Gasteiger partial charge < -0.3 is 0 Å². The topological polar surface area (TPSA) is 17.8 Å². The molecule has 0 fully saturated rings. The Hall–Kier alpha value is -0.790. The lowest BCUT2D eigenvalue weighted by molar-refractivity contribution is 0.550. The molecule has 88 valence electrons. The van der Waals surface area contributed by atoms with Gasteiger partial charge in [-0.25, -0.2) is 0 Å². The van der Waals surface area contributed by atoms with E-state index in [1.807, 2.05) is 25.6 Å². The second-order valence-electron chi connectivity index (χ2n) is 4.98. The van der Waals surface area contributed by atoms with Gasteiger partial charge in [-0.1, -0.05) is 48.5 Å². The number of nitrogens with zero attached hydrogens (tertiary/aromatic N) is 2. The van der Waals surface area contributed by atoms with Crippen molar-refractivity contribution in [2.24, 2.45) is 7.05 Å². The molecule has 0 bridgehead atoms. The average Bonchev–Trinajstić information content (AvgIpc) is 2.50. The van der Waals surface area contributed by atoms with Crippen LogP contribution < -0.4 is 0 Å². The predicted molar refractivity (Wildman–Crippen MR) is 67.3 cm³/mol. The number of aromatic nitrogens is 2.